The Hall–Kier alpha value is -2.12. The second-order valence-electron chi connectivity index (χ2n) is 3.80. The van der Waals surface area contributed by atoms with Gasteiger partial charge in [-0.05, 0) is 12.1 Å². The van der Waals surface area contributed by atoms with Crippen LogP contribution in [0, 0.1) is 11.6 Å². The Morgan fingerprint density at radius 2 is 1.84 bits per heavy atom. The molecule has 1 heterocycles. The number of benzene rings is 1. The van der Waals surface area contributed by atoms with Gasteiger partial charge in [-0.25, -0.2) is 24.6 Å². The standard InChI is InChI=1S/C12H12F2N4O/c1-19-6-10-5-11(18-15)17-12(16-10)7-2-8(13)4-9(14)3-7/h2-5H,6,15H2,1H3,(H,16,17,18). The molecule has 0 amide bonds. The van der Waals surface area contributed by atoms with E-state index in [0.29, 0.717) is 11.5 Å². The molecular formula is C12H12F2N4O. The molecule has 1 aromatic carbocycles. The predicted octanol–water partition coefficient (Wildman–Crippen LogP) is 1.85. The molecule has 0 saturated heterocycles. The molecule has 5 nitrogen and oxygen atoms in total. The number of nitrogens with one attached hydrogen (secondary N) is 1. The molecule has 0 atom stereocenters. The molecule has 0 aliphatic rings. The lowest BCUT2D eigenvalue weighted by Gasteiger charge is -2.07. The molecule has 0 saturated carbocycles. The van der Waals surface area contributed by atoms with E-state index in [9.17, 15) is 8.78 Å². The molecular weight excluding hydrogens is 254 g/mol. The molecule has 2 rings (SSSR count). The molecule has 0 bridgehead atoms. The van der Waals surface area contributed by atoms with Gasteiger partial charge in [0.2, 0.25) is 0 Å². The van der Waals surface area contributed by atoms with Gasteiger partial charge in [0, 0.05) is 24.8 Å². The number of nitrogen functional groups attached to an aromatic ring is 1. The molecule has 0 aliphatic carbocycles. The van der Waals surface area contributed by atoms with Crippen molar-refractivity contribution < 1.29 is 13.5 Å². The summed E-state index contributed by atoms with van der Waals surface area (Å²) in [4.78, 5) is 8.21. The summed E-state index contributed by atoms with van der Waals surface area (Å²) in [5.74, 6) is 4.40. The Labute approximate surface area is 108 Å². The number of halogens is 2. The lowest BCUT2D eigenvalue weighted by atomic mass is 10.2. The van der Waals surface area contributed by atoms with E-state index in [4.69, 9.17) is 10.6 Å². The van der Waals surface area contributed by atoms with Crippen LogP contribution in [0.4, 0.5) is 14.6 Å². The zero-order chi connectivity index (χ0) is 13.8. The lowest BCUT2D eigenvalue weighted by Crippen LogP contribution is -2.11. The Balaban J connectivity index is 2.50. The van der Waals surface area contributed by atoms with Crippen molar-refractivity contribution >= 4 is 5.82 Å². The van der Waals surface area contributed by atoms with Gasteiger partial charge in [0.15, 0.2) is 5.82 Å². The minimum Gasteiger partial charge on any atom is -0.378 e. The first kappa shape index (κ1) is 13.3. The number of methoxy groups -OCH3 is 1. The van der Waals surface area contributed by atoms with Crippen molar-refractivity contribution in [1.82, 2.24) is 9.97 Å². The monoisotopic (exact) mass is 266 g/mol. The second kappa shape index (κ2) is 5.68. The first-order valence-electron chi connectivity index (χ1n) is 5.42. The van der Waals surface area contributed by atoms with E-state index in [0.717, 1.165) is 18.2 Å². The van der Waals surface area contributed by atoms with Crippen LogP contribution >= 0.6 is 0 Å². The summed E-state index contributed by atoms with van der Waals surface area (Å²) in [6.45, 7) is 0.238. The van der Waals surface area contributed by atoms with Crippen LogP contribution in [0.15, 0.2) is 24.3 Å². The number of rotatable bonds is 4. The number of aromatic nitrogens is 2. The van der Waals surface area contributed by atoms with Crippen molar-refractivity contribution in [2.24, 2.45) is 5.84 Å². The molecule has 3 N–H and O–H groups in total. The molecule has 2 aromatic rings. The van der Waals surface area contributed by atoms with E-state index in [2.05, 4.69) is 15.4 Å². The minimum absolute atomic E-state index is 0.168. The summed E-state index contributed by atoms with van der Waals surface area (Å²) in [6, 6.07) is 4.66. The third-order valence-electron chi connectivity index (χ3n) is 2.34. The topological polar surface area (TPSA) is 73.1 Å². The van der Waals surface area contributed by atoms with Crippen LogP contribution in [0.2, 0.25) is 0 Å². The molecule has 0 spiro atoms. The number of anilines is 1. The van der Waals surface area contributed by atoms with E-state index < -0.39 is 11.6 Å². The van der Waals surface area contributed by atoms with Crippen LogP contribution in [0.25, 0.3) is 11.4 Å². The highest BCUT2D eigenvalue weighted by Gasteiger charge is 2.09. The fraction of sp³-hybridized carbons (Fsp3) is 0.167. The van der Waals surface area contributed by atoms with Gasteiger partial charge in [0.05, 0.1) is 12.3 Å². The average Bonchev–Trinajstić information content (AvgIpc) is 2.37. The summed E-state index contributed by atoms with van der Waals surface area (Å²) in [5, 5.41) is 0. The molecule has 0 aliphatic heterocycles. The quantitative estimate of drug-likeness (QED) is 0.652. The summed E-state index contributed by atoms with van der Waals surface area (Å²) in [7, 11) is 1.51. The Morgan fingerprint density at radius 1 is 1.16 bits per heavy atom. The van der Waals surface area contributed by atoms with Crippen molar-refractivity contribution in [2.45, 2.75) is 6.61 Å². The normalized spacial score (nSPS) is 10.5. The van der Waals surface area contributed by atoms with Crippen LogP contribution < -0.4 is 11.3 Å². The summed E-state index contributed by atoms with van der Waals surface area (Å²) in [5.41, 5.74) is 3.15. The minimum atomic E-state index is -0.696. The SMILES string of the molecule is COCc1cc(NN)nc(-c2cc(F)cc(F)c2)n1. The Morgan fingerprint density at radius 3 is 2.42 bits per heavy atom. The smallest absolute Gasteiger partial charge is 0.162 e. The van der Waals surface area contributed by atoms with Crippen molar-refractivity contribution in [2.75, 3.05) is 12.5 Å². The fourth-order valence-corrected chi connectivity index (χ4v) is 1.61. The van der Waals surface area contributed by atoms with Gasteiger partial charge in [0.25, 0.3) is 0 Å². The van der Waals surface area contributed by atoms with Gasteiger partial charge < -0.3 is 10.2 Å². The van der Waals surface area contributed by atoms with Gasteiger partial charge in [-0.2, -0.15) is 0 Å². The number of ether oxygens (including phenoxy) is 1. The molecule has 0 fully saturated rings. The summed E-state index contributed by atoms with van der Waals surface area (Å²) in [6.07, 6.45) is 0. The number of hydrogen-bond donors (Lipinski definition) is 2. The maximum atomic E-state index is 13.2. The third kappa shape index (κ3) is 3.21. The number of nitrogens with zero attached hydrogens (tertiary/aromatic N) is 2. The van der Waals surface area contributed by atoms with Crippen LogP contribution in [-0.2, 0) is 11.3 Å². The molecule has 0 radical (unpaired) electrons. The van der Waals surface area contributed by atoms with E-state index >= 15 is 0 Å². The van der Waals surface area contributed by atoms with E-state index in [1.54, 1.807) is 6.07 Å². The number of hydrogen-bond acceptors (Lipinski definition) is 5. The average molecular weight is 266 g/mol. The van der Waals surface area contributed by atoms with E-state index in [1.165, 1.54) is 7.11 Å². The third-order valence-corrected chi connectivity index (χ3v) is 2.34. The predicted molar refractivity (Wildman–Crippen MR) is 65.9 cm³/mol. The van der Waals surface area contributed by atoms with Gasteiger partial charge in [0.1, 0.15) is 17.5 Å². The van der Waals surface area contributed by atoms with E-state index in [1.807, 2.05) is 0 Å². The number of nitrogens with two attached hydrogens (primary N) is 1. The molecule has 7 heteroatoms. The second-order valence-corrected chi connectivity index (χ2v) is 3.80. The van der Waals surface area contributed by atoms with Crippen molar-refractivity contribution in [3.05, 3.63) is 41.6 Å². The first-order chi connectivity index (χ1) is 9.12. The summed E-state index contributed by atoms with van der Waals surface area (Å²) >= 11 is 0. The highest BCUT2D eigenvalue weighted by atomic mass is 19.1. The van der Waals surface area contributed by atoms with Crippen molar-refractivity contribution in [1.29, 1.82) is 0 Å². The Bertz CT molecular complexity index is 572. The molecule has 100 valence electrons. The summed E-state index contributed by atoms with van der Waals surface area (Å²) < 4.78 is 31.3. The zero-order valence-electron chi connectivity index (χ0n) is 10.2. The largest absolute Gasteiger partial charge is 0.378 e. The molecule has 19 heavy (non-hydrogen) atoms. The Kier molecular flexibility index (Phi) is 3.98. The van der Waals surface area contributed by atoms with Gasteiger partial charge in [-0.3, -0.25) is 0 Å². The number of hydrazine groups is 1. The highest BCUT2D eigenvalue weighted by molar-refractivity contribution is 5.57. The van der Waals surface area contributed by atoms with Crippen LogP contribution in [0.1, 0.15) is 5.69 Å². The van der Waals surface area contributed by atoms with Gasteiger partial charge in [-0.1, -0.05) is 0 Å². The maximum absolute atomic E-state index is 13.2. The molecule has 0 unspecified atom stereocenters. The van der Waals surface area contributed by atoms with Gasteiger partial charge in [-0.15, -0.1) is 0 Å². The maximum Gasteiger partial charge on any atom is 0.162 e. The van der Waals surface area contributed by atoms with Crippen LogP contribution in [0.3, 0.4) is 0 Å². The van der Waals surface area contributed by atoms with Crippen molar-refractivity contribution in [3.63, 3.8) is 0 Å². The fourth-order valence-electron chi connectivity index (χ4n) is 1.61. The zero-order valence-corrected chi connectivity index (χ0v) is 10.2. The lowest BCUT2D eigenvalue weighted by molar-refractivity contribution is 0.181. The van der Waals surface area contributed by atoms with Gasteiger partial charge >= 0.3 is 0 Å². The first-order valence-corrected chi connectivity index (χ1v) is 5.42. The molecule has 1 aromatic heterocycles. The van der Waals surface area contributed by atoms with Crippen LogP contribution in [-0.4, -0.2) is 17.1 Å². The van der Waals surface area contributed by atoms with Crippen molar-refractivity contribution in [3.8, 4) is 11.4 Å². The van der Waals surface area contributed by atoms with E-state index in [-0.39, 0.29) is 18.0 Å². The highest BCUT2D eigenvalue weighted by Crippen LogP contribution is 2.20. The van der Waals surface area contributed by atoms with Crippen LogP contribution in [0.5, 0.6) is 0 Å².